The molecule has 0 aliphatic heterocycles. The van der Waals surface area contributed by atoms with Gasteiger partial charge >= 0.3 is 0 Å². The molecule has 1 aliphatic carbocycles. The number of ketones is 1. The van der Waals surface area contributed by atoms with E-state index < -0.39 is 0 Å². The van der Waals surface area contributed by atoms with Gasteiger partial charge in [-0.05, 0) is 43.7 Å². The average Bonchev–Trinajstić information content (AvgIpc) is 3.14. The number of Topliss-reactive ketones (excluding diaryl/α,β-unsaturated/α-hetero) is 1. The normalized spacial score (nSPS) is 15.5. The summed E-state index contributed by atoms with van der Waals surface area (Å²) in [4.78, 5) is 31.0. The second kappa shape index (κ2) is 5.72. The number of rotatable bonds is 3. The molecule has 116 valence electrons. The molecule has 1 amide bonds. The van der Waals surface area contributed by atoms with Gasteiger partial charge in [-0.25, -0.2) is 0 Å². The van der Waals surface area contributed by atoms with Crippen molar-refractivity contribution in [3.05, 3.63) is 44.9 Å². The van der Waals surface area contributed by atoms with Crippen molar-refractivity contribution < 1.29 is 9.59 Å². The zero-order valence-electron chi connectivity index (χ0n) is 13.1. The lowest BCUT2D eigenvalue weighted by atomic mass is 9.93. The SMILES string of the molecule is Cc1c(C(=O)N(C)[C@@H](C)c2cccs2)[nH]c2c1C(=O)CCC2. The molecule has 1 N–H and O–H groups in total. The van der Waals surface area contributed by atoms with E-state index in [1.165, 1.54) is 0 Å². The predicted molar refractivity (Wildman–Crippen MR) is 87.6 cm³/mol. The van der Waals surface area contributed by atoms with Crippen molar-refractivity contribution in [2.75, 3.05) is 7.05 Å². The average molecular weight is 316 g/mol. The Kier molecular flexibility index (Phi) is 3.91. The van der Waals surface area contributed by atoms with E-state index in [4.69, 9.17) is 0 Å². The molecule has 1 aliphatic rings. The van der Waals surface area contributed by atoms with Gasteiger partial charge in [-0.3, -0.25) is 9.59 Å². The first kappa shape index (κ1) is 15.0. The van der Waals surface area contributed by atoms with E-state index in [1.54, 1.807) is 16.2 Å². The molecule has 0 aromatic carbocycles. The van der Waals surface area contributed by atoms with Crippen LogP contribution in [0.3, 0.4) is 0 Å². The van der Waals surface area contributed by atoms with Crippen molar-refractivity contribution >= 4 is 23.0 Å². The molecule has 0 saturated carbocycles. The molecule has 2 aromatic heterocycles. The van der Waals surface area contributed by atoms with Crippen LogP contribution in [0.5, 0.6) is 0 Å². The second-order valence-corrected chi connectivity index (χ2v) is 6.84. The van der Waals surface area contributed by atoms with E-state index in [1.807, 2.05) is 38.4 Å². The molecule has 5 heteroatoms. The molecule has 1 atom stereocenters. The maximum absolute atomic E-state index is 12.8. The van der Waals surface area contributed by atoms with Crippen molar-refractivity contribution in [2.24, 2.45) is 0 Å². The fourth-order valence-electron chi connectivity index (χ4n) is 3.06. The largest absolute Gasteiger partial charge is 0.354 e. The first-order valence-corrected chi connectivity index (χ1v) is 8.44. The highest BCUT2D eigenvalue weighted by Crippen LogP contribution is 2.29. The van der Waals surface area contributed by atoms with Gasteiger partial charge in [0.2, 0.25) is 0 Å². The molecular formula is C17H20N2O2S. The number of hydrogen-bond donors (Lipinski definition) is 1. The molecule has 0 fully saturated rings. The van der Waals surface area contributed by atoms with E-state index in [0.717, 1.165) is 34.5 Å². The van der Waals surface area contributed by atoms with Crippen molar-refractivity contribution in [2.45, 2.75) is 39.2 Å². The van der Waals surface area contributed by atoms with Crippen LogP contribution in [0.15, 0.2) is 17.5 Å². The minimum Gasteiger partial charge on any atom is -0.354 e. The molecular weight excluding hydrogens is 296 g/mol. The smallest absolute Gasteiger partial charge is 0.270 e. The highest BCUT2D eigenvalue weighted by atomic mass is 32.1. The van der Waals surface area contributed by atoms with Crippen molar-refractivity contribution in [3.8, 4) is 0 Å². The molecule has 22 heavy (non-hydrogen) atoms. The summed E-state index contributed by atoms with van der Waals surface area (Å²) >= 11 is 1.65. The van der Waals surface area contributed by atoms with Crippen LogP contribution >= 0.6 is 11.3 Å². The Morgan fingerprint density at radius 1 is 1.41 bits per heavy atom. The van der Waals surface area contributed by atoms with Crippen molar-refractivity contribution in [1.29, 1.82) is 0 Å². The first-order chi connectivity index (χ1) is 10.5. The topological polar surface area (TPSA) is 53.2 Å². The van der Waals surface area contributed by atoms with Gasteiger partial charge in [-0.1, -0.05) is 6.07 Å². The molecule has 0 spiro atoms. The third-order valence-corrected chi connectivity index (χ3v) is 5.55. The monoisotopic (exact) mass is 316 g/mol. The molecule has 4 nitrogen and oxygen atoms in total. The Morgan fingerprint density at radius 2 is 2.18 bits per heavy atom. The number of carbonyl (C=O) groups excluding carboxylic acids is 2. The number of carbonyl (C=O) groups is 2. The van der Waals surface area contributed by atoms with Crippen LogP contribution in [-0.4, -0.2) is 28.6 Å². The summed E-state index contributed by atoms with van der Waals surface area (Å²) in [7, 11) is 1.81. The lowest BCUT2D eigenvalue weighted by Gasteiger charge is -2.24. The van der Waals surface area contributed by atoms with Crippen LogP contribution in [0, 0.1) is 6.92 Å². The van der Waals surface area contributed by atoms with Crippen molar-refractivity contribution in [1.82, 2.24) is 9.88 Å². The minimum atomic E-state index is -0.0550. The maximum Gasteiger partial charge on any atom is 0.270 e. The number of H-pyrrole nitrogens is 1. The summed E-state index contributed by atoms with van der Waals surface area (Å²) < 4.78 is 0. The minimum absolute atomic E-state index is 0.0166. The highest BCUT2D eigenvalue weighted by Gasteiger charge is 2.29. The molecule has 0 bridgehead atoms. The summed E-state index contributed by atoms with van der Waals surface area (Å²) in [5.74, 6) is 0.101. The zero-order valence-corrected chi connectivity index (χ0v) is 13.9. The quantitative estimate of drug-likeness (QED) is 0.938. The van der Waals surface area contributed by atoms with Crippen molar-refractivity contribution in [3.63, 3.8) is 0 Å². The Labute approximate surface area is 134 Å². The number of hydrogen-bond acceptors (Lipinski definition) is 3. The third kappa shape index (κ3) is 2.39. The van der Waals surface area contributed by atoms with Gasteiger partial charge in [0.25, 0.3) is 5.91 Å². The number of aromatic nitrogens is 1. The molecule has 0 radical (unpaired) electrons. The number of nitrogens with zero attached hydrogens (tertiary/aromatic N) is 1. The number of thiophene rings is 1. The summed E-state index contributed by atoms with van der Waals surface area (Å²) in [5.41, 5.74) is 3.03. The Balaban J connectivity index is 1.91. The third-order valence-electron chi connectivity index (χ3n) is 4.51. The number of aryl methyl sites for hydroxylation is 1. The van der Waals surface area contributed by atoms with Crippen LogP contribution in [-0.2, 0) is 6.42 Å². The number of amides is 1. The zero-order chi connectivity index (χ0) is 15.9. The highest BCUT2D eigenvalue weighted by molar-refractivity contribution is 7.10. The summed E-state index contributed by atoms with van der Waals surface area (Å²) in [6, 6.07) is 4.05. The lowest BCUT2D eigenvalue weighted by Crippen LogP contribution is -2.30. The summed E-state index contributed by atoms with van der Waals surface area (Å²) in [5, 5.41) is 2.02. The van der Waals surface area contributed by atoms with Gasteiger partial charge in [0, 0.05) is 29.6 Å². The number of aromatic amines is 1. The van der Waals surface area contributed by atoms with Gasteiger partial charge in [0.05, 0.1) is 6.04 Å². The molecule has 0 saturated heterocycles. The Morgan fingerprint density at radius 3 is 2.82 bits per heavy atom. The molecule has 0 unspecified atom stereocenters. The molecule has 3 rings (SSSR count). The van der Waals surface area contributed by atoms with E-state index in [2.05, 4.69) is 4.98 Å². The van der Waals surface area contributed by atoms with E-state index in [9.17, 15) is 9.59 Å². The lowest BCUT2D eigenvalue weighted by molar-refractivity contribution is 0.0738. The molecule has 2 heterocycles. The van der Waals surface area contributed by atoms with E-state index in [0.29, 0.717) is 12.1 Å². The number of fused-ring (bicyclic) bond motifs is 1. The first-order valence-electron chi connectivity index (χ1n) is 7.56. The predicted octanol–water partition coefficient (Wildman–Crippen LogP) is 3.74. The van der Waals surface area contributed by atoms with Gasteiger partial charge in [-0.15, -0.1) is 11.3 Å². The van der Waals surface area contributed by atoms with Gasteiger partial charge in [0.1, 0.15) is 5.69 Å². The summed E-state index contributed by atoms with van der Waals surface area (Å²) in [6.45, 7) is 3.89. The Bertz CT molecular complexity index is 715. The Hall–Kier alpha value is -1.88. The van der Waals surface area contributed by atoms with Gasteiger partial charge in [0.15, 0.2) is 5.78 Å². The van der Waals surface area contributed by atoms with Gasteiger partial charge < -0.3 is 9.88 Å². The second-order valence-electron chi connectivity index (χ2n) is 5.86. The van der Waals surface area contributed by atoms with E-state index in [-0.39, 0.29) is 17.7 Å². The van der Waals surface area contributed by atoms with Gasteiger partial charge in [-0.2, -0.15) is 0 Å². The van der Waals surface area contributed by atoms with Crippen LogP contribution < -0.4 is 0 Å². The maximum atomic E-state index is 12.8. The van der Waals surface area contributed by atoms with Crippen LogP contribution in [0.25, 0.3) is 0 Å². The number of nitrogens with one attached hydrogen (secondary N) is 1. The standard InChI is InChI=1S/C17H20N2O2S/c1-10-15-12(6-4-7-13(15)20)18-16(10)17(21)19(3)11(2)14-8-5-9-22-14/h5,8-9,11,18H,4,6-7H2,1-3H3/t11-/m0/s1. The van der Waals surface area contributed by atoms with Crippen LogP contribution in [0.2, 0.25) is 0 Å². The summed E-state index contributed by atoms with van der Waals surface area (Å²) in [6.07, 6.45) is 2.29. The van der Waals surface area contributed by atoms with Crippen LogP contribution in [0.1, 0.15) is 62.8 Å². The van der Waals surface area contributed by atoms with Crippen LogP contribution in [0.4, 0.5) is 0 Å². The van der Waals surface area contributed by atoms with E-state index >= 15 is 0 Å². The fourth-order valence-corrected chi connectivity index (χ4v) is 3.89. The molecule has 2 aromatic rings. The fraction of sp³-hybridized carbons (Fsp3) is 0.412.